The van der Waals surface area contributed by atoms with Crippen molar-refractivity contribution in [3.8, 4) is 22.3 Å². The minimum Gasteiger partial charge on any atom is -0.456 e. The lowest BCUT2D eigenvalue weighted by Gasteiger charge is -2.27. The van der Waals surface area contributed by atoms with Crippen LogP contribution < -0.4 is 9.80 Å². The van der Waals surface area contributed by atoms with Gasteiger partial charge in [0.25, 0.3) is 0 Å². The maximum atomic E-state index is 6.15. The second kappa shape index (κ2) is 12.5. The highest BCUT2D eigenvalue weighted by molar-refractivity contribution is 6.06. The number of rotatable bonds is 7. The van der Waals surface area contributed by atoms with Gasteiger partial charge in [-0.3, -0.25) is 0 Å². The minimum absolute atomic E-state index is 0.902. The van der Waals surface area contributed by atoms with E-state index in [0.717, 1.165) is 66.9 Å². The molecule has 0 fully saturated rings. The molecule has 0 atom stereocenters. The van der Waals surface area contributed by atoms with Crippen molar-refractivity contribution in [2.24, 2.45) is 0 Å². The summed E-state index contributed by atoms with van der Waals surface area (Å²) in [5, 5.41) is 4.71. The molecule has 9 rings (SSSR count). The Kier molecular flexibility index (Phi) is 7.37. The summed E-state index contributed by atoms with van der Waals surface area (Å²) >= 11 is 0. The van der Waals surface area contributed by atoms with Crippen LogP contribution in [0.25, 0.3) is 55.0 Å². The lowest BCUT2D eigenvalue weighted by molar-refractivity contribution is 0.669. The van der Waals surface area contributed by atoms with E-state index in [2.05, 4.69) is 193 Å². The first-order valence-electron chi connectivity index (χ1n) is 17.0. The molecule has 0 bridgehead atoms. The van der Waals surface area contributed by atoms with Crippen LogP contribution in [0.2, 0.25) is 0 Å². The van der Waals surface area contributed by atoms with E-state index in [1.54, 1.807) is 0 Å². The summed E-state index contributed by atoms with van der Waals surface area (Å²) in [5.41, 5.74) is 12.1. The Morgan fingerprint density at radius 2 is 0.940 bits per heavy atom. The average molecular weight is 643 g/mol. The molecule has 238 valence electrons. The smallest absolute Gasteiger partial charge is 0.135 e. The van der Waals surface area contributed by atoms with Crippen LogP contribution in [0.4, 0.5) is 28.4 Å². The molecule has 1 heterocycles. The van der Waals surface area contributed by atoms with Gasteiger partial charge in [-0.15, -0.1) is 0 Å². The quantitative estimate of drug-likeness (QED) is 0.172. The lowest BCUT2D eigenvalue weighted by Crippen LogP contribution is -2.11. The van der Waals surface area contributed by atoms with E-state index in [9.17, 15) is 0 Å². The summed E-state index contributed by atoms with van der Waals surface area (Å²) in [5.74, 6) is 0. The van der Waals surface area contributed by atoms with Crippen molar-refractivity contribution >= 4 is 61.1 Å². The van der Waals surface area contributed by atoms with Crippen molar-refractivity contribution in [1.82, 2.24) is 0 Å². The molecule has 0 aliphatic carbocycles. The number of furan rings is 1. The molecule has 0 saturated carbocycles. The van der Waals surface area contributed by atoms with Gasteiger partial charge in [-0.1, -0.05) is 115 Å². The highest BCUT2D eigenvalue weighted by atomic mass is 16.3. The molecule has 0 N–H and O–H groups in total. The van der Waals surface area contributed by atoms with E-state index < -0.39 is 0 Å². The van der Waals surface area contributed by atoms with E-state index in [4.69, 9.17) is 4.42 Å². The predicted molar refractivity (Wildman–Crippen MR) is 211 cm³/mol. The predicted octanol–water partition coefficient (Wildman–Crippen LogP) is 13.3. The molecule has 0 radical (unpaired) electrons. The Balaban J connectivity index is 1.19. The van der Waals surface area contributed by atoms with Crippen LogP contribution >= 0.6 is 0 Å². The third-order valence-electron chi connectivity index (χ3n) is 9.66. The van der Waals surface area contributed by atoms with Crippen molar-refractivity contribution in [2.75, 3.05) is 16.8 Å². The van der Waals surface area contributed by atoms with Gasteiger partial charge in [0.1, 0.15) is 11.2 Å². The molecule has 50 heavy (non-hydrogen) atoms. The highest BCUT2D eigenvalue weighted by Crippen LogP contribution is 2.42. The number of fused-ring (bicyclic) bond motifs is 4. The second-order valence-electron chi connectivity index (χ2n) is 12.7. The topological polar surface area (TPSA) is 19.6 Å². The molecule has 3 heteroatoms. The summed E-state index contributed by atoms with van der Waals surface area (Å²) in [7, 11) is 2.17. The van der Waals surface area contributed by atoms with Crippen LogP contribution in [0.15, 0.2) is 192 Å². The molecule has 0 aliphatic heterocycles. The van der Waals surface area contributed by atoms with Crippen molar-refractivity contribution in [3.63, 3.8) is 0 Å². The Morgan fingerprint density at radius 1 is 0.380 bits per heavy atom. The van der Waals surface area contributed by atoms with Crippen LogP contribution in [0.3, 0.4) is 0 Å². The molecule has 3 nitrogen and oxygen atoms in total. The van der Waals surface area contributed by atoms with Crippen LogP contribution in [0.1, 0.15) is 0 Å². The fraction of sp³-hybridized carbons (Fsp3) is 0.0213. The number of para-hydroxylation sites is 3. The van der Waals surface area contributed by atoms with E-state index in [0.29, 0.717) is 0 Å². The van der Waals surface area contributed by atoms with Gasteiger partial charge in [0, 0.05) is 57.2 Å². The van der Waals surface area contributed by atoms with Crippen molar-refractivity contribution < 1.29 is 4.42 Å². The number of hydrogen-bond donors (Lipinski definition) is 0. The second-order valence-corrected chi connectivity index (χ2v) is 12.7. The van der Waals surface area contributed by atoms with Gasteiger partial charge in [-0.05, 0) is 94.9 Å². The molecule has 0 spiro atoms. The van der Waals surface area contributed by atoms with Crippen LogP contribution in [-0.2, 0) is 0 Å². The van der Waals surface area contributed by atoms with E-state index in [1.165, 1.54) is 16.5 Å². The minimum atomic E-state index is 0.902. The van der Waals surface area contributed by atoms with Gasteiger partial charge in [0.2, 0.25) is 0 Å². The van der Waals surface area contributed by atoms with Crippen molar-refractivity contribution in [3.05, 3.63) is 188 Å². The number of nitrogens with zero attached hydrogens (tertiary/aromatic N) is 2. The molecule has 8 aromatic carbocycles. The van der Waals surface area contributed by atoms with Gasteiger partial charge >= 0.3 is 0 Å². The SMILES string of the molecule is CN(c1ccc(-c2ccc3oc4ccccc4c3c2)cc1-c1ccc(N(c2ccccc2)c2ccccc2)cc1)c1cccc2ccccc12. The maximum absolute atomic E-state index is 6.15. The Bertz CT molecular complexity index is 2560. The fourth-order valence-corrected chi connectivity index (χ4v) is 7.17. The molecule has 9 aromatic rings. The number of anilines is 5. The van der Waals surface area contributed by atoms with Gasteiger partial charge in [0.15, 0.2) is 0 Å². The summed E-state index contributed by atoms with van der Waals surface area (Å²) in [6.45, 7) is 0. The summed E-state index contributed by atoms with van der Waals surface area (Å²) < 4.78 is 6.15. The third kappa shape index (κ3) is 5.26. The molecule has 0 amide bonds. The number of hydrogen-bond acceptors (Lipinski definition) is 3. The summed E-state index contributed by atoms with van der Waals surface area (Å²) in [4.78, 5) is 4.62. The van der Waals surface area contributed by atoms with Gasteiger partial charge < -0.3 is 14.2 Å². The molecular weight excluding hydrogens is 609 g/mol. The molecular formula is C47H34N2O. The fourth-order valence-electron chi connectivity index (χ4n) is 7.17. The first-order chi connectivity index (χ1) is 24.7. The van der Waals surface area contributed by atoms with Gasteiger partial charge in [0.05, 0.1) is 0 Å². The highest BCUT2D eigenvalue weighted by Gasteiger charge is 2.17. The Hall–Kier alpha value is -6.58. The molecule has 1 aromatic heterocycles. The molecule has 0 aliphatic rings. The number of benzene rings is 8. The van der Waals surface area contributed by atoms with Crippen molar-refractivity contribution in [1.29, 1.82) is 0 Å². The van der Waals surface area contributed by atoms with Gasteiger partial charge in [-0.2, -0.15) is 0 Å². The van der Waals surface area contributed by atoms with Crippen LogP contribution in [0.5, 0.6) is 0 Å². The largest absolute Gasteiger partial charge is 0.456 e. The zero-order valence-corrected chi connectivity index (χ0v) is 27.7. The summed E-state index contributed by atoms with van der Waals surface area (Å²) in [6, 6.07) is 66.8. The molecule has 0 unspecified atom stereocenters. The normalized spacial score (nSPS) is 11.3. The monoisotopic (exact) mass is 642 g/mol. The van der Waals surface area contributed by atoms with Crippen LogP contribution in [0, 0.1) is 0 Å². The zero-order valence-electron chi connectivity index (χ0n) is 27.7. The standard InChI is InChI=1S/C47H34N2O/c1-48(44-21-12-14-33-13-8-9-19-40(33)44)45-29-25-35(36-26-30-47-43(32-36)41-20-10-11-22-46(41)50-47)31-42(45)34-23-27-39(28-24-34)49(37-15-4-2-5-16-37)38-17-6-3-7-18-38/h2-32H,1H3. The molecule has 0 saturated heterocycles. The van der Waals surface area contributed by atoms with E-state index in [1.807, 2.05) is 12.1 Å². The third-order valence-corrected chi connectivity index (χ3v) is 9.66. The lowest BCUT2D eigenvalue weighted by atomic mass is 9.95. The van der Waals surface area contributed by atoms with E-state index >= 15 is 0 Å². The maximum Gasteiger partial charge on any atom is 0.135 e. The van der Waals surface area contributed by atoms with Crippen LogP contribution in [-0.4, -0.2) is 7.05 Å². The first-order valence-corrected chi connectivity index (χ1v) is 17.0. The van der Waals surface area contributed by atoms with Gasteiger partial charge in [-0.25, -0.2) is 0 Å². The Morgan fingerprint density at radius 3 is 1.70 bits per heavy atom. The first kappa shape index (κ1) is 29.6. The summed E-state index contributed by atoms with van der Waals surface area (Å²) in [6.07, 6.45) is 0. The average Bonchev–Trinajstić information content (AvgIpc) is 3.56. The Labute approximate surface area is 291 Å². The van der Waals surface area contributed by atoms with Crippen molar-refractivity contribution in [2.45, 2.75) is 0 Å². The zero-order chi connectivity index (χ0) is 33.4. The van der Waals surface area contributed by atoms with E-state index in [-0.39, 0.29) is 0 Å².